The molecule has 6 atom stereocenters. The molecule has 2 saturated heterocycles. The number of cyclic esters (lactones) is 1. The molecule has 3 fully saturated rings. The maximum atomic E-state index is 14.6. The van der Waals surface area contributed by atoms with E-state index in [0.717, 1.165) is 76.4 Å². The lowest BCUT2D eigenvalue weighted by Gasteiger charge is -2.39. The number of carbonyl (C=O) groups excluding carboxylic acids is 3. The van der Waals surface area contributed by atoms with Crippen molar-refractivity contribution in [2.45, 2.75) is 104 Å². The highest BCUT2D eigenvalue weighted by Crippen LogP contribution is 2.46. The Kier molecular flexibility index (Phi) is 14.5. The standard InChI is InChI=1S/C50H66N8O6S3/c1-10-56-39-14-13-32-22-34(39)37(44(56)35-23-33(26-51-43(35)31(4)63-9)50(62)15-18-55(19-16-50)21-20-54(7)8)25-49(5,6)28-64-48(61)40-12-11-17-57(58(40)66)47(60)36(24-41-52-38(32)27-67-41)46(65)53-45(59)42-29(2)30(42)3/h13-14,22-23,26-27,29-31,36,40,42,62H,10-12,15-21,24-25,28H2,1-9H3/p+1/t29-,30+,31-,36+,40-,42?/m0/s1. The number of likely N-dealkylation sites (N-methyl/N-ethyl adjacent to an activating group) is 1. The lowest BCUT2D eigenvalue weighted by molar-refractivity contribution is -0.676. The van der Waals surface area contributed by atoms with Crippen LogP contribution in [0, 0.1) is 29.1 Å². The molecule has 1 aliphatic carbocycles. The molecular weight excluding hydrogens is 905 g/mol. The number of likely N-dealkylation sites (tertiary alicyclic amines) is 1. The summed E-state index contributed by atoms with van der Waals surface area (Å²) in [5.41, 5.74) is 5.54. The van der Waals surface area contributed by atoms with Gasteiger partial charge < -0.3 is 34.3 Å². The minimum absolute atomic E-state index is 0.0906. The lowest BCUT2D eigenvalue weighted by Crippen LogP contribution is -2.55. The molecule has 3 aliphatic heterocycles. The van der Waals surface area contributed by atoms with Gasteiger partial charge in [0.2, 0.25) is 5.91 Å². The van der Waals surface area contributed by atoms with E-state index in [1.54, 1.807) is 7.11 Å². The number of rotatable bonds is 10. The van der Waals surface area contributed by atoms with Crippen molar-refractivity contribution < 1.29 is 33.0 Å². The van der Waals surface area contributed by atoms with Gasteiger partial charge in [-0.05, 0) is 93.3 Å². The molecule has 17 heteroatoms. The molecule has 1 unspecified atom stereocenters. The van der Waals surface area contributed by atoms with Crippen LogP contribution < -0.4 is 5.32 Å². The van der Waals surface area contributed by atoms with Crippen molar-refractivity contribution in [3.8, 4) is 22.5 Å². The van der Waals surface area contributed by atoms with Gasteiger partial charge in [0.15, 0.2) is 0 Å². The number of nitrogens with one attached hydrogen (secondary N) is 1. The Morgan fingerprint density at radius 1 is 1.15 bits per heavy atom. The summed E-state index contributed by atoms with van der Waals surface area (Å²) in [5.74, 6) is -1.72. The third kappa shape index (κ3) is 10.0. The number of hydrogen-bond donors (Lipinski definition) is 2. The molecule has 6 heterocycles. The van der Waals surface area contributed by atoms with E-state index in [4.69, 9.17) is 44.1 Å². The van der Waals surface area contributed by atoms with Crippen LogP contribution in [0.4, 0.5) is 0 Å². The number of piperidine rings is 1. The molecule has 0 spiro atoms. The van der Waals surface area contributed by atoms with Gasteiger partial charge in [0.05, 0.1) is 51.9 Å². The summed E-state index contributed by atoms with van der Waals surface area (Å²) in [6, 6.07) is 7.68. The average Bonchev–Trinajstić information content (AvgIpc) is 3.56. The summed E-state index contributed by atoms with van der Waals surface area (Å²) in [7, 11) is 5.86. The van der Waals surface area contributed by atoms with Crippen molar-refractivity contribution in [2.75, 3.05) is 60.5 Å². The van der Waals surface area contributed by atoms with Gasteiger partial charge in [0, 0.05) is 103 Å². The molecule has 2 N–H and O–H groups in total. The van der Waals surface area contributed by atoms with Crippen LogP contribution in [-0.2, 0) is 61.3 Å². The SMILES string of the molecule is CCn1c(-c2cc(C3(O)CCN(CCN(C)C)CC3)cnc2[C@H](C)OC)c2c3cc(ccc31)-c1csc(n1)C[C@H](C(=S)NC(=O)C1[C@@H](C)[C@H]1C)C(=O)N1CCC[C@@H](C(=O)OCC(C)(C)C2)[N+]1=S. The van der Waals surface area contributed by atoms with Crippen LogP contribution >= 0.6 is 23.6 Å². The van der Waals surface area contributed by atoms with E-state index in [2.05, 4.69) is 78.8 Å². The molecule has 4 aliphatic rings. The number of esters is 1. The van der Waals surface area contributed by atoms with Gasteiger partial charge in [0.1, 0.15) is 5.92 Å². The van der Waals surface area contributed by atoms with Gasteiger partial charge in [0.25, 0.3) is 24.4 Å². The molecule has 0 radical (unpaired) electrons. The van der Waals surface area contributed by atoms with Crippen molar-refractivity contribution in [1.29, 1.82) is 0 Å². The van der Waals surface area contributed by atoms with Crippen molar-refractivity contribution >= 4 is 69.7 Å². The highest BCUT2D eigenvalue weighted by Gasteiger charge is 2.50. The number of ether oxygens (including phenoxy) is 2. The normalized spacial score (nSPS) is 24.9. The van der Waals surface area contributed by atoms with E-state index in [1.165, 1.54) is 20.4 Å². The van der Waals surface area contributed by atoms with Crippen molar-refractivity contribution in [1.82, 2.24) is 34.7 Å². The maximum Gasteiger partial charge on any atom is 0.379 e. The van der Waals surface area contributed by atoms with Gasteiger partial charge in [-0.15, -0.1) is 16.3 Å². The Morgan fingerprint density at radius 2 is 1.88 bits per heavy atom. The molecule has 8 rings (SSSR count). The molecule has 6 bridgehead atoms. The summed E-state index contributed by atoms with van der Waals surface area (Å²) < 4.78 is 15.8. The summed E-state index contributed by atoms with van der Waals surface area (Å²) in [6.07, 6.45) is 4.30. The van der Waals surface area contributed by atoms with Crippen LogP contribution in [0.2, 0.25) is 0 Å². The van der Waals surface area contributed by atoms with Gasteiger partial charge in [-0.3, -0.25) is 14.6 Å². The second-order valence-corrected chi connectivity index (χ2v) is 22.1. The lowest BCUT2D eigenvalue weighted by atomic mass is 9.82. The van der Waals surface area contributed by atoms with Gasteiger partial charge in [-0.25, -0.2) is 9.78 Å². The average molecular weight is 972 g/mol. The van der Waals surface area contributed by atoms with Gasteiger partial charge in [-0.1, -0.05) is 46.0 Å². The minimum Gasteiger partial charge on any atom is -0.460 e. The first-order chi connectivity index (χ1) is 31.8. The highest BCUT2D eigenvalue weighted by atomic mass is 32.1. The van der Waals surface area contributed by atoms with Crippen molar-refractivity contribution in [3.63, 3.8) is 0 Å². The zero-order valence-corrected chi connectivity index (χ0v) is 42.9. The first-order valence-corrected chi connectivity index (χ1v) is 25.5. The number of nitrogens with zero attached hydrogens (tertiary/aromatic N) is 7. The quantitative estimate of drug-likeness (QED) is 0.0995. The van der Waals surface area contributed by atoms with E-state index < -0.39 is 28.9 Å². The van der Waals surface area contributed by atoms with E-state index in [0.29, 0.717) is 50.2 Å². The highest BCUT2D eigenvalue weighted by molar-refractivity contribution is 7.80. The number of aromatic nitrogens is 3. The third-order valence-electron chi connectivity index (χ3n) is 14.8. The summed E-state index contributed by atoms with van der Waals surface area (Å²) in [4.78, 5) is 57.0. The zero-order chi connectivity index (χ0) is 48.1. The van der Waals surface area contributed by atoms with E-state index in [1.807, 2.05) is 32.3 Å². The summed E-state index contributed by atoms with van der Waals surface area (Å²) in [5, 5.41) is 20.4. The Morgan fingerprint density at radius 3 is 2.55 bits per heavy atom. The monoisotopic (exact) mass is 971 g/mol. The first kappa shape index (κ1) is 49.3. The fourth-order valence-electron chi connectivity index (χ4n) is 10.3. The fourth-order valence-corrected chi connectivity index (χ4v) is 11.8. The summed E-state index contributed by atoms with van der Waals surface area (Å²) >= 11 is 13.2. The zero-order valence-electron chi connectivity index (χ0n) is 40.5. The smallest absolute Gasteiger partial charge is 0.379 e. The third-order valence-corrected chi connectivity index (χ3v) is 16.5. The molecule has 3 aromatic heterocycles. The predicted molar refractivity (Wildman–Crippen MR) is 266 cm³/mol. The molecule has 360 valence electrons. The fraction of sp³-hybridized carbons (Fsp3) is 0.600. The minimum atomic E-state index is -1.05. The Balaban J connectivity index is 1.24. The van der Waals surface area contributed by atoms with E-state index >= 15 is 0 Å². The molecule has 1 aromatic carbocycles. The number of aliphatic hydroxyl groups is 1. The molecule has 67 heavy (non-hydrogen) atoms. The Hall–Kier alpha value is -4.10. The number of benzene rings is 1. The second-order valence-electron chi connectivity index (χ2n) is 20.4. The van der Waals surface area contributed by atoms with Crippen LogP contribution in [0.1, 0.15) is 95.2 Å². The van der Waals surface area contributed by atoms with E-state index in [-0.39, 0.29) is 53.7 Å². The number of fused-ring (bicyclic) bond motifs is 6. The predicted octanol–water partition coefficient (Wildman–Crippen LogP) is 6.68. The summed E-state index contributed by atoms with van der Waals surface area (Å²) in [6.45, 7) is 16.9. The largest absolute Gasteiger partial charge is 0.460 e. The number of thiazole rings is 1. The van der Waals surface area contributed by atoms with Crippen LogP contribution in [0.5, 0.6) is 0 Å². The number of carbonyl (C=O) groups is 3. The molecule has 2 amide bonds. The van der Waals surface area contributed by atoms with Crippen LogP contribution in [0.15, 0.2) is 35.8 Å². The van der Waals surface area contributed by atoms with Crippen molar-refractivity contribution in [2.24, 2.45) is 29.1 Å². The topological polar surface area (TPSA) is 145 Å². The maximum absolute atomic E-state index is 14.6. The van der Waals surface area contributed by atoms with Crippen LogP contribution in [0.3, 0.4) is 0 Å². The van der Waals surface area contributed by atoms with Crippen LogP contribution in [-0.4, -0.2) is 128 Å². The number of aryl methyl sites for hydroxylation is 1. The van der Waals surface area contributed by atoms with E-state index in [9.17, 15) is 19.5 Å². The number of pyridine rings is 1. The van der Waals surface area contributed by atoms with Gasteiger partial charge >= 0.3 is 5.97 Å². The number of thiocarbonyl (C=S) groups is 1. The first-order valence-electron chi connectivity index (χ1n) is 23.9. The number of hydrazine groups is 1. The number of hydrogen-bond acceptors (Lipinski definition) is 13. The number of methoxy groups -OCH3 is 1. The van der Waals surface area contributed by atoms with Gasteiger partial charge in [-0.2, -0.15) is 0 Å². The molecule has 14 nitrogen and oxygen atoms in total. The van der Waals surface area contributed by atoms with Crippen LogP contribution in [0.25, 0.3) is 33.4 Å². The second kappa shape index (κ2) is 19.7. The number of amides is 2. The molecular formula is C50H67N8O6S3+. The Labute approximate surface area is 409 Å². The molecule has 1 saturated carbocycles. The Bertz CT molecular complexity index is 2560. The molecule has 4 aromatic rings. The van der Waals surface area contributed by atoms with Crippen molar-refractivity contribution in [3.05, 3.63) is 57.7 Å².